The van der Waals surface area contributed by atoms with Crippen LogP contribution in [0.1, 0.15) is 15.9 Å². The number of carbonyl (C=O) groups is 1. The van der Waals surface area contributed by atoms with Gasteiger partial charge in [-0.3, -0.25) is 4.79 Å². The fraction of sp³-hybridized carbons (Fsp3) is 0.133. The van der Waals surface area contributed by atoms with Gasteiger partial charge in [-0.05, 0) is 42.3 Å². The normalized spacial score (nSPS) is 10.4. The standard InChI is InChI=1S/C15H12Cl3NO2/c16-10-3-4-14(20)12(7-10)15(21)19-6-5-9-1-2-11(17)8-13(9)18/h1-4,7-8,20H,5-6H2,(H,19,21). The largest absolute Gasteiger partial charge is 0.507 e. The topological polar surface area (TPSA) is 49.3 Å². The Labute approximate surface area is 137 Å². The van der Waals surface area contributed by atoms with Crippen LogP contribution in [0.25, 0.3) is 0 Å². The van der Waals surface area contributed by atoms with Crippen molar-refractivity contribution in [3.63, 3.8) is 0 Å². The number of aromatic hydroxyl groups is 1. The Hall–Kier alpha value is -1.42. The number of hydrogen-bond acceptors (Lipinski definition) is 2. The number of hydrogen-bond donors (Lipinski definition) is 2. The molecule has 0 unspecified atom stereocenters. The SMILES string of the molecule is O=C(NCCc1ccc(Cl)cc1Cl)c1cc(Cl)ccc1O. The van der Waals surface area contributed by atoms with Crippen LogP contribution in [0.15, 0.2) is 36.4 Å². The molecule has 0 aromatic heterocycles. The Morgan fingerprint density at radius 1 is 1.05 bits per heavy atom. The summed E-state index contributed by atoms with van der Waals surface area (Å²) in [7, 11) is 0. The van der Waals surface area contributed by atoms with Gasteiger partial charge in [-0.1, -0.05) is 40.9 Å². The Balaban J connectivity index is 1.97. The van der Waals surface area contributed by atoms with Crippen LogP contribution in [0.5, 0.6) is 5.75 Å². The first-order valence-electron chi connectivity index (χ1n) is 6.18. The molecule has 0 radical (unpaired) electrons. The number of amides is 1. The molecule has 0 saturated heterocycles. The number of halogens is 3. The average molecular weight is 345 g/mol. The summed E-state index contributed by atoms with van der Waals surface area (Å²) in [5.41, 5.74) is 1.03. The molecule has 2 N–H and O–H groups in total. The van der Waals surface area contributed by atoms with E-state index in [9.17, 15) is 9.90 Å². The quantitative estimate of drug-likeness (QED) is 0.867. The second-order valence-electron chi connectivity index (χ2n) is 4.40. The number of rotatable bonds is 4. The van der Waals surface area contributed by atoms with Gasteiger partial charge in [0.2, 0.25) is 0 Å². The lowest BCUT2D eigenvalue weighted by Crippen LogP contribution is -2.25. The van der Waals surface area contributed by atoms with Gasteiger partial charge in [-0.2, -0.15) is 0 Å². The monoisotopic (exact) mass is 343 g/mol. The molecular formula is C15H12Cl3NO2. The minimum absolute atomic E-state index is 0.110. The maximum Gasteiger partial charge on any atom is 0.255 e. The molecule has 0 atom stereocenters. The molecule has 2 aromatic rings. The maximum absolute atomic E-state index is 12.0. The van der Waals surface area contributed by atoms with Gasteiger partial charge in [0.25, 0.3) is 5.91 Å². The summed E-state index contributed by atoms with van der Waals surface area (Å²) in [5, 5.41) is 13.9. The number of benzene rings is 2. The number of nitrogens with one attached hydrogen (secondary N) is 1. The summed E-state index contributed by atoms with van der Waals surface area (Å²) in [4.78, 5) is 12.0. The Morgan fingerprint density at radius 2 is 1.71 bits per heavy atom. The van der Waals surface area contributed by atoms with Crippen LogP contribution >= 0.6 is 34.8 Å². The first kappa shape index (κ1) is 16.0. The van der Waals surface area contributed by atoms with Gasteiger partial charge >= 0.3 is 0 Å². The van der Waals surface area contributed by atoms with Gasteiger partial charge in [-0.25, -0.2) is 0 Å². The summed E-state index contributed by atoms with van der Waals surface area (Å²) in [6, 6.07) is 9.53. The van der Waals surface area contributed by atoms with E-state index >= 15 is 0 Å². The third-order valence-electron chi connectivity index (χ3n) is 2.90. The van der Waals surface area contributed by atoms with Crippen molar-refractivity contribution >= 4 is 40.7 Å². The lowest BCUT2D eigenvalue weighted by Gasteiger charge is -2.08. The van der Waals surface area contributed by atoms with Crippen LogP contribution in [0.3, 0.4) is 0 Å². The van der Waals surface area contributed by atoms with E-state index < -0.39 is 0 Å². The Morgan fingerprint density at radius 3 is 2.43 bits per heavy atom. The van der Waals surface area contributed by atoms with Crippen LogP contribution in [0.2, 0.25) is 15.1 Å². The lowest BCUT2D eigenvalue weighted by molar-refractivity contribution is 0.0951. The molecule has 0 aliphatic rings. The maximum atomic E-state index is 12.0. The molecule has 3 nitrogen and oxygen atoms in total. The van der Waals surface area contributed by atoms with E-state index in [-0.39, 0.29) is 17.2 Å². The van der Waals surface area contributed by atoms with Crippen LogP contribution in [-0.2, 0) is 6.42 Å². The average Bonchev–Trinajstić information content (AvgIpc) is 2.43. The van der Waals surface area contributed by atoms with Gasteiger partial charge in [0.05, 0.1) is 5.56 Å². The fourth-order valence-corrected chi connectivity index (χ4v) is 2.50. The Kier molecular flexibility index (Phi) is 5.34. The third-order valence-corrected chi connectivity index (χ3v) is 3.72. The van der Waals surface area contributed by atoms with E-state index in [0.717, 1.165) is 5.56 Å². The number of phenolic OH excluding ortho intramolecular Hbond substituents is 1. The zero-order chi connectivity index (χ0) is 15.4. The molecule has 2 aromatic carbocycles. The van der Waals surface area contributed by atoms with Crippen LogP contribution in [0.4, 0.5) is 0 Å². The highest BCUT2D eigenvalue weighted by atomic mass is 35.5. The lowest BCUT2D eigenvalue weighted by atomic mass is 10.1. The second-order valence-corrected chi connectivity index (χ2v) is 5.68. The van der Waals surface area contributed by atoms with E-state index in [4.69, 9.17) is 34.8 Å². The molecule has 0 saturated carbocycles. The zero-order valence-corrected chi connectivity index (χ0v) is 13.1. The predicted octanol–water partition coefficient (Wildman–Crippen LogP) is 4.32. The minimum Gasteiger partial charge on any atom is -0.507 e. The van der Waals surface area contributed by atoms with E-state index in [1.807, 2.05) is 6.07 Å². The van der Waals surface area contributed by atoms with Crippen molar-refractivity contribution in [2.75, 3.05) is 6.54 Å². The van der Waals surface area contributed by atoms with E-state index in [1.54, 1.807) is 12.1 Å². The minimum atomic E-state index is -0.389. The molecule has 0 aliphatic carbocycles. The number of carbonyl (C=O) groups excluding carboxylic acids is 1. The van der Waals surface area contributed by atoms with Crippen molar-refractivity contribution in [1.29, 1.82) is 0 Å². The first-order chi connectivity index (χ1) is 9.97. The van der Waals surface area contributed by atoms with E-state index in [2.05, 4.69) is 5.32 Å². The molecule has 21 heavy (non-hydrogen) atoms. The smallest absolute Gasteiger partial charge is 0.255 e. The van der Waals surface area contributed by atoms with Gasteiger partial charge < -0.3 is 10.4 Å². The third kappa shape index (κ3) is 4.27. The Bertz CT molecular complexity index is 674. The van der Waals surface area contributed by atoms with E-state index in [0.29, 0.717) is 28.0 Å². The summed E-state index contributed by atoms with van der Waals surface area (Å²) < 4.78 is 0. The van der Waals surface area contributed by atoms with Crippen molar-refractivity contribution in [2.45, 2.75) is 6.42 Å². The highest BCUT2D eigenvalue weighted by Crippen LogP contribution is 2.22. The summed E-state index contributed by atoms with van der Waals surface area (Å²) in [6.45, 7) is 0.381. The van der Waals surface area contributed by atoms with E-state index in [1.165, 1.54) is 18.2 Å². The molecule has 6 heteroatoms. The molecule has 2 rings (SSSR count). The molecule has 0 fully saturated rings. The molecule has 1 amide bonds. The van der Waals surface area contributed by atoms with Crippen LogP contribution < -0.4 is 5.32 Å². The summed E-state index contributed by atoms with van der Waals surface area (Å²) in [5.74, 6) is -0.499. The van der Waals surface area contributed by atoms with Crippen molar-refractivity contribution in [1.82, 2.24) is 5.32 Å². The van der Waals surface area contributed by atoms with Crippen LogP contribution in [-0.4, -0.2) is 17.6 Å². The highest BCUT2D eigenvalue weighted by molar-refractivity contribution is 6.35. The summed E-state index contributed by atoms with van der Waals surface area (Å²) in [6.07, 6.45) is 0.559. The molecule has 0 heterocycles. The van der Waals surface area contributed by atoms with Gasteiger partial charge in [0.1, 0.15) is 5.75 Å². The van der Waals surface area contributed by atoms with Crippen molar-refractivity contribution in [3.8, 4) is 5.75 Å². The summed E-state index contributed by atoms with van der Waals surface area (Å²) >= 11 is 17.7. The van der Waals surface area contributed by atoms with Gasteiger partial charge in [0, 0.05) is 21.6 Å². The van der Waals surface area contributed by atoms with Crippen LogP contribution in [0, 0.1) is 0 Å². The molecule has 0 aliphatic heterocycles. The van der Waals surface area contributed by atoms with Gasteiger partial charge in [0.15, 0.2) is 0 Å². The first-order valence-corrected chi connectivity index (χ1v) is 7.31. The molecule has 0 spiro atoms. The molecule has 0 bridgehead atoms. The predicted molar refractivity (Wildman–Crippen MR) is 85.6 cm³/mol. The fourth-order valence-electron chi connectivity index (χ4n) is 1.82. The van der Waals surface area contributed by atoms with Crippen molar-refractivity contribution in [2.24, 2.45) is 0 Å². The zero-order valence-electron chi connectivity index (χ0n) is 10.9. The number of phenols is 1. The van der Waals surface area contributed by atoms with Gasteiger partial charge in [-0.15, -0.1) is 0 Å². The molecular weight excluding hydrogens is 333 g/mol. The second kappa shape index (κ2) is 7.03. The highest BCUT2D eigenvalue weighted by Gasteiger charge is 2.11. The van der Waals surface area contributed by atoms with Crippen molar-refractivity contribution < 1.29 is 9.90 Å². The van der Waals surface area contributed by atoms with Crippen molar-refractivity contribution in [3.05, 3.63) is 62.6 Å². The molecule has 110 valence electrons.